The van der Waals surface area contributed by atoms with Crippen LogP contribution in [0.1, 0.15) is 21.7 Å². The van der Waals surface area contributed by atoms with E-state index in [1.54, 1.807) is 24.3 Å². The average Bonchev–Trinajstić information content (AvgIpc) is 2.60. The van der Waals surface area contributed by atoms with Gasteiger partial charge in [0, 0.05) is 22.0 Å². The predicted molar refractivity (Wildman–Crippen MR) is 67.5 cm³/mol. The SMILES string of the molecule is Cc1[nH]nc(C(=O)Nc2cccc(Cl)c2)c1C. The molecule has 88 valence electrons. The summed E-state index contributed by atoms with van der Waals surface area (Å²) in [4.78, 5) is 11.9. The van der Waals surface area contributed by atoms with Crippen molar-refractivity contribution in [1.82, 2.24) is 10.2 Å². The van der Waals surface area contributed by atoms with Crippen LogP contribution in [-0.2, 0) is 0 Å². The first-order valence-corrected chi connectivity index (χ1v) is 5.54. The van der Waals surface area contributed by atoms with Gasteiger partial charge in [-0.25, -0.2) is 0 Å². The van der Waals surface area contributed by atoms with Crippen molar-refractivity contribution in [2.75, 3.05) is 5.32 Å². The molecule has 17 heavy (non-hydrogen) atoms. The zero-order valence-corrected chi connectivity index (χ0v) is 10.3. The van der Waals surface area contributed by atoms with E-state index in [0.29, 0.717) is 16.4 Å². The van der Waals surface area contributed by atoms with Gasteiger partial charge in [0.15, 0.2) is 5.69 Å². The van der Waals surface area contributed by atoms with Crippen molar-refractivity contribution in [2.45, 2.75) is 13.8 Å². The lowest BCUT2D eigenvalue weighted by Crippen LogP contribution is -2.13. The number of amides is 1. The molecular weight excluding hydrogens is 238 g/mol. The highest BCUT2D eigenvalue weighted by Crippen LogP contribution is 2.16. The number of aromatic nitrogens is 2. The molecule has 2 N–H and O–H groups in total. The van der Waals surface area contributed by atoms with E-state index in [4.69, 9.17) is 11.6 Å². The molecule has 1 amide bonds. The maximum Gasteiger partial charge on any atom is 0.276 e. The van der Waals surface area contributed by atoms with Crippen LogP contribution in [0.5, 0.6) is 0 Å². The number of hydrogen-bond donors (Lipinski definition) is 2. The molecule has 0 saturated carbocycles. The lowest BCUT2D eigenvalue weighted by atomic mass is 10.2. The average molecular weight is 250 g/mol. The first kappa shape index (κ1) is 11.7. The Hall–Kier alpha value is -1.81. The van der Waals surface area contributed by atoms with Gasteiger partial charge in [-0.1, -0.05) is 17.7 Å². The Labute approximate surface area is 104 Å². The van der Waals surface area contributed by atoms with Crippen molar-refractivity contribution >= 4 is 23.2 Å². The van der Waals surface area contributed by atoms with Crippen LogP contribution in [0.25, 0.3) is 0 Å². The molecule has 0 atom stereocenters. The number of carbonyl (C=O) groups excluding carboxylic acids is 1. The van der Waals surface area contributed by atoms with Crippen LogP contribution >= 0.6 is 11.6 Å². The third-order valence-corrected chi connectivity index (χ3v) is 2.79. The summed E-state index contributed by atoms with van der Waals surface area (Å²) in [6, 6.07) is 6.99. The van der Waals surface area contributed by atoms with Gasteiger partial charge in [0.05, 0.1) is 0 Å². The number of anilines is 1. The summed E-state index contributed by atoms with van der Waals surface area (Å²) in [7, 11) is 0. The molecule has 0 bridgehead atoms. The fourth-order valence-corrected chi connectivity index (χ4v) is 1.65. The second-order valence-corrected chi connectivity index (χ2v) is 4.22. The highest BCUT2D eigenvalue weighted by atomic mass is 35.5. The molecule has 0 aliphatic rings. The Morgan fingerprint density at radius 1 is 1.41 bits per heavy atom. The number of nitrogens with one attached hydrogen (secondary N) is 2. The molecule has 0 fully saturated rings. The lowest BCUT2D eigenvalue weighted by Gasteiger charge is -2.03. The summed E-state index contributed by atoms with van der Waals surface area (Å²) in [5.41, 5.74) is 2.80. The van der Waals surface area contributed by atoms with Crippen molar-refractivity contribution in [2.24, 2.45) is 0 Å². The van der Waals surface area contributed by atoms with Crippen molar-refractivity contribution in [3.05, 3.63) is 46.2 Å². The zero-order chi connectivity index (χ0) is 12.4. The second-order valence-electron chi connectivity index (χ2n) is 3.79. The molecule has 5 heteroatoms. The van der Waals surface area contributed by atoms with Crippen molar-refractivity contribution < 1.29 is 4.79 Å². The summed E-state index contributed by atoms with van der Waals surface area (Å²) < 4.78 is 0. The topological polar surface area (TPSA) is 57.8 Å². The molecule has 0 aliphatic carbocycles. The summed E-state index contributed by atoms with van der Waals surface area (Å²) in [5.74, 6) is -0.242. The molecule has 2 rings (SSSR count). The fourth-order valence-electron chi connectivity index (χ4n) is 1.46. The summed E-state index contributed by atoms with van der Waals surface area (Å²) in [6.45, 7) is 3.73. The molecule has 4 nitrogen and oxygen atoms in total. The van der Waals surface area contributed by atoms with Crippen LogP contribution in [0, 0.1) is 13.8 Å². The zero-order valence-electron chi connectivity index (χ0n) is 9.54. The Morgan fingerprint density at radius 2 is 2.18 bits per heavy atom. The first-order valence-electron chi connectivity index (χ1n) is 5.16. The van der Waals surface area contributed by atoms with Gasteiger partial charge in [0.1, 0.15) is 0 Å². The normalized spacial score (nSPS) is 10.3. The number of halogens is 1. The van der Waals surface area contributed by atoms with Gasteiger partial charge in [-0.15, -0.1) is 0 Å². The third-order valence-electron chi connectivity index (χ3n) is 2.55. The van der Waals surface area contributed by atoms with E-state index < -0.39 is 0 Å². The van der Waals surface area contributed by atoms with E-state index >= 15 is 0 Å². The fraction of sp³-hybridized carbons (Fsp3) is 0.167. The standard InChI is InChI=1S/C12H12ClN3O/c1-7-8(2)15-16-11(7)12(17)14-10-5-3-4-9(13)6-10/h3-6H,1-2H3,(H,14,17)(H,15,16). The molecule has 2 aromatic rings. The summed E-state index contributed by atoms with van der Waals surface area (Å²) in [5, 5.41) is 10.1. The van der Waals surface area contributed by atoms with Crippen LogP contribution in [0.3, 0.4) is 0 Å². The number of carbonyl (C=O) groups is 1. The quantitative estimate of drug-likeness (QED) is 0.860. The molecular formula is C12H12ClN3O. The smallest absolute Gasteiger partial charge is 0.276 e. The van der Waals surface area contributed by atoms with E-state index in [1.165, 1.54) is 0 Å². The predicted octanol–water partition coefficient (Wildman–Crippen LogP) is 2.93. The number of benzene rings is 1. The maximum atomic E-state index is 11.9. The maximum absolute atomic E-state index is 11.9. The number of hydrogen-bond acceptors (Lipinski definition) is 2. The highest BCUT2D eigenvalue weighted by molar-refractivity contribution is 6.30. The van der Waals surface area contributed by atoms with Crippen molar-refractivity contribution in [3.8, 4) is 0 Å². The molecule has 0 radical (unpaired) electrons. The number of rotatable bonds is 2. The summed E-state index contributed by atoms with van der Waals surface area (Å²) in [6.07, 6.45) is 0. The molecule has 1 heterocycles. The molecule has 0 saturated heterocycles. The lowest BCUT2D eigenvalue weighted by molar-refractivity contribution is 0.102. The Bertz CT molecular complexity index is 563. The van der Waals surface area contributed by atoms with Crippen LogP contribution in [-0.4, -0.2) is 16.1 Å². The number of aromatic amines is 1. The van der Waals surface area contributed by atoms with Crippen LogP contribution in [0.2, 0.25) is 5.02 Å². The van der Waals surface area contributed by atoms with E-state index in [-0.39, 0.29) is 5.91 Å². The van der Waals surface area contributed by atoms with Gasteiger partial charge in [0.2, 0.25) is 0 Å². The van der Waals surface area contributed by atoms with Gasteiger partial charge in [-0.05, 0) is 32.0 Å². The second kappa shape index (κ2) is 4.59. The molecule has 1 aromatic carbocycles. The first-order chi connectivity index (χ1) is 8.08. The largest absolute Gasteiger partial charge is 0.321 e. The van der Waals surface area contributed by atoms with Crippen LogP contribution < -0.4 is 5.32 Å². The van der Waals surface area contributed by atoms with Crippen molar-refractivity contribution in [3.63, 3.8) is 0 Å². The minimum Gasteiger partial charge on any atom is -0.321 e. The highest BCUT2D eigenvalue weighted by Gasteiger charge is 2.14. The molecule has 1 aromatic heterocycles. The van der Waals surface area contributed by atoms with E-state index in [2.05, 4.69) is 15.5 Å². The Kier molecular flexibility index (Phi) is 3.15. The monoisotopic (exact) mass is 249 g/mol. The number of nitrogens with zero attached hydrogens (tertiary/aromatic N) is 1. The van der Waals surface area contributed by atoms with E-state index in [0.717, 1.165) is 11.3 Å². The van der Waals surface area contributed by atoms with Gasteiger partial charge < -0.3 is 5.32 Å². The summed E-state index contributed by atoms with van der Waals surface area (Å²) >= 11 is 5.84. The number of aryl methyl sites for hydroxylation is 1. The minimum absolute atomic E-state index is 0.242. The van der Waals surface area contributed by atoms with Gasteiger partial charge in [-0.3, -0.25) is 9.89 Å². The molecule has 0 aliphatic heterocycles. The molecule has 0 unspecified atom stereocenters. The van der Waals surface area contributed by atoms with Gasteiger partial charge in [-0.2, -0.15) is 5.10 Å². The Balaban J connectivity index is 2.20. The van der Waals surface area contributed by atoms with Gasteiger partial charge >= 0.3 is 0 Å². The van der Waals surface area contributed by atoms with E-state index in [1.807, 2.05) is 13.8 Å². The van der Waals surface area contributed by atoms with Gasteiger partial charge in [0.25, 0.3) is 5.91 Å². The van der Waals surface area contributed by atoms with Crippen LogP contribution in [0.4, 0.5) is 5.69 Å². The minimum atomic E-state index is -0.242. The van der Waals surface area contributed by atoms with E-state index in [9.17, 15) is 4.79 Å². The molecule has 0 spiro atoms. The number of H-pyrrole nitrogens is 1. The third kappa shape index (κ3) is 2.47. The van der Waals surface area contributed by atoms with Crippen LogP contribution in [0.15, 0.2) is 24.3 Å². The Morgan fingerprint density at radius 3 is 2.76 bits per heavy atom. The van der Waals surface area contributed by atoms with Crippen molar-refractivity contribution in [1.29, 1.82) is 0 Å².